The predicted octanol–water partition coefficient (Wildman–Crippen LogP) is -0.560. The third-order valence-corrected chi connectivity index (χ3v) is 5.62. The number of hydrogen-bond acceptors (Lipinski definition) is 5. The van der Waals surface area contributed by atoms with Crippen LogP contribution in [-0.4, -0.2) is 69.5 Å². The molecular weight excluding hydrogens is 312 g/mol. The van der Waals surface area contributed by atoms with Gasteiger partial charge in [-0.3, -0.25) is 15.1 Å². The number of carbonyl (C=O) groups excluding carboxylic acids is 1. The van der Waals surface area contributed by atoms with Gasteiger partial charge in [-0.15, -0.1) is 0 Å². The van der Waals surface area contributed by atoms with Crippen LogP contribution in [0, 0.1) is 23.2 Å². The maximum Gasteiger partial charge on any atom is 0.352 e. The van der Waals surface area contributed by atoms with Gasteiger partial charge >= 0.3 is 5.97 Å². The van der Waals surface area contributed by atoms with E-state index in [1.54, 1.807) is 6.92 Å². The van der Waals surface area contributed by atoms with E-state index in [0.29, 0.717) is 13.1 Å². The molecule has 5 N–H and O–H groups in total. The van der Waals surface area contributed by atoms with Crippen molar-refractivity contribution in [2.45, 2.75) is 32.4 Å². The zero-order chi connectivity index (χ0) is 17.8. The lowest BCUT2D eigenvalue weighted by Crippen LogP contribution is -2.63. The van der Waals surface area contributed by atoms with Crippen molar-refractivity contribution in [2.75, 3.05) is 19.6 Å². The molecule has 3 heterocycles. The van der Waals surface area contributed by atoms with Crippen LogP contribution in [0.4, 0.5) is 0 Å². The van der Waals surface area contributed by atoms with Gasteiger partial charge in [-0.25, -0.2) is 4.79 Å². The summed E-state index contributed by atoms with van der Waals surface area (Å²) >= 11 is 0. The van der Waals surface area contributed by atoms with E-state index in [4.69, 9.17) is 11.1 Å². The van der Waals surface area contributed by atoms with E-state index in [0.717, 1.165) is 18.5 Å². The first-order valence-electron chi connectivity index (χ1n) is 8.27. The predicted molar refractivity (Wildman–Crippen MR) is 86.1 cm³/mol. The number of β-lactam (4-membered cyclic amide) rings is 1. The fourth-order valence-corrected chi connectivity index (χ4v) is 4.32. The molecule has 0 aromatic carbocycles. The van der Waals surface area contributed by atoms with Gasteiger partial charge in [-0.05, 0) is 25.5 Å². The lowest BCUT2D eigenvalue weighted by Gasteiger charge is -2.46. The molecule has 8 heteroatoms. The van der Waals surface area contributed by atoms with Gasteiger partial charge in [-0.2, -0.15) is 0 Å². The van der Waals surface area contributed by atoms with E-state index in [1.165, 1.54) is 4.90 Å². The molecule has 8 nitrogen and oxygen atoms in total. The summed E-state index contributed by atoms with van der Waals surface area (Å²) in [7, 11) is 0. The van der Waals surface area contributed by atoms with Crippen LogP contribution in [0.1, 0.15) is 20.3 Å². The van der Waals surface area contributed by atoms with Crippen molar-refractivity contribution < 1.29 is 19.8 Å². The Labute approximate surface area is 140 Å². The van der Waals surface area contributed by atoms with Crippen molar-refractivity contribution >= 4 is 17.7 Å². The Hall–Kier alpha value is -1.93. The average Bonchev–Trinajstić information content (AvgIpc) is 3.03. The highest BCUT2D eigenvalue weighted by Gasteiger charge is 2.59. The number of likely N-dealkylation sites (tertiary alicyclic amines) is 1. The van der Waals surface area contributed by atoms with Crippen molar-refractivity contribution in [2.24, 2.45) is 23.5 Å². The Bertz CT molecular complexity index is 630. The van der Waals surface area contributed by atoms with Gasteiger partial charge in [0.1, 0.15) is 5.70 Å². The average molecular weight is 336 g/mol. The minimum atomic E-state index is -1.10. The number of fused-ring (bicyclic) bond motifs is 1. The lowest BCUT2D eigenvalue weighted by molar-refractivity contribution is -0.163. The Morgan fingerprint density at radius 2 is 2.17 bits per heavy atom. The largest absolute Gasteiger partial charge is 0.477 e. The molecule has 0 aliphatic carbocycles. The maximum absolute atomic E-state index is 12.3. The summed E-state index contributed by atoms with van der Waals surface area (Å²) in [6, 6.07) is -0.273. The molecule has 0 spiro atoms. The van der Waals surface area contributed by atoms with Crippen molar-refractivity contribution in [3.8, 4) is 0 Å². The molecule has 0 bridgehead atoms. The van der Waals surface area contributed by atoms with Crippen LogP contribution in [0.2, 0.25) is 0 Å². The van der Waals surface area contributed by atoms with Crippen molar-refractivity contribution in [1.29, 1.82) is 5.41 Å². The minimum Gasteiger partial charge on any atom is -0.477 e. The Morgan fingerprint density at radius 1 is 1.50 bits per heavy atom. The number of carboxylic acids is 1. The van der Waals surface area contributed by atoms with Gasteiger partial charge in [0.05, 0.1) is 23.9 Å². The first-order chi connectivity index (χ1) is 11.2. The number of hydrogen-bond donors (Lipinski definition) is 4. The Kier molecular flexibility index (Phi) is 4.13. The Balaban J connectivity index is 1.83. The molecule has 3 aliphatic heterocycles. The topological polar surface area (TPSA) is 131 Å². The molecule has 2 saturated heterocycles. The zero-order valence-electron chi connectivity index (χ0n) is 13.9. The third kappa shape index (κ3) is 2.41. The van der Waals surface area contributed by atoms with Gasteiger partial charge in [-0.1, -0.05) is 6.92 Å². The third-order valence-electron chi connectivity index (χ3n) is 5.62. The molecular formula is C16H24N4O4. The summed E-state index contributed by atoms with van der Waals surface area (Å²) in [4.78, 5) is 27.4. The number of aliphatic hydroxyl groups is 1. The number of amides is 1. The van der Waals surface area contributed by atoms with Crippen molar-refractivity contribution in [3.05, 3.63) is 11.3 Å². The van der Waals surface area contributed by atoms with Crippen LogP contribution in [0.3, 0.4) is 0 Å². The van der Waals surface area contributed by atoms with E-state index in [-0.39, 0.29) is 35.3 Å². The second kappa shape index (κ2) is 5.86. The smallest absolute Gasteiger partial charge is 0.352 e. The Morgan fingerprint density at radius 3 is 2.67 bits per heavy atom. The molecule has 132 valence electrons. The van der Waals surface area contributed by atoms with Crippen LogP contribution in [0.15, 0.2) is 11.3 Å². The number of nitrogens with zero attached hydrogens (tertiary/aromatic N) is 2. The molecule has 0 saturated carbocycles. The van der Waals surface area contributed by atoms with Crippen molar-refractivity contribution in [1.82, 2.24) is 9.80 Å². The quantitative estimate of drug-likeness (QED) is 0.302. The molecule has 24 heavy (non-hydrogen) atoms. The van der Waals surface area contributed by atoms with E-state index < -0.39 is 18.0 Å². The highest BCUT2D eigenvalue weighted by molar-refractivity contribution is 6.00. The summed E-state index contributed by atoms with van der Waals surface area (Å²) in [5.41, 5.74) is 6.36. The summed E-state index contributed by atoms with van der Waals surface area (Å²) in [6.07, 6.45) is 0.00590. The van der Waals surface area contributed by atoms with Gasteiger partial charge in [0.2, 0.25) is 5.91 Å². The number of carbonyl (C=O) groups is 2. The first kappa shape index (κ1) is 16.9. The zero-order valence-corrected chi connectivity index (χ0v) is 13.9. The number of aliphatic hydroxyl groups excluding tert-OH is 1. The number of amidine groups is 1. The van der Waals surface area contributed by atoms with Gasteiger partial charge in [0.25, 0.3) is 0 Å². The number of nitrogens with one attached hydrogen (secondary N) is 1. The minimum absolute atomic E-state index is 0.0134. The van der Waals surface area contributed by atoms with E-state index in [2.05, 4.69) is 4.90 Å². The summed E-state index contributed by atoms with van der Waals surface area (Å²) < 4.78 is 0. The summed E-state index contributed by atoms with van der Waals surface area (Å²) in [6.45, 7) is 5.34. The molecule has 0 radical (unpaired) electrons. The van der Waals surface area contributed by atoms with Gasteiger partial charge in [0, 0.05) is 24.9 Å². The van der Waals surface area contributed by atoms with Crippen LogP contribution >= 0.6 is 0 Å². The molecule has 3 aliphatic rings. The molecule has 5 atom stereocenters. The maximum atomic E-state index is 12.3. The second-order valence-corrected chi connectivity index (χ2v) is 7.11. The van der Waals surface area contributed by atoms with E-state index in [9.17, 15) is 19.8 Å². The molecule has 3 rings (SSSR count). The van der Waals surface area contributed by atoms with Crippen LogP contribution in [0.5, 0.6) is 0 Å². The molecule has 1 amide bonds. The van der Waals surface area contributed by atoms with Crippen molar-refractivity contribution in [3.63, 3.8) is 0 Å². The highest BCUT2D eigenvalue weighted by Crippen LogP contribution is 2.47. The first-order valence-corrected chi connectivity index (χ1v) is 8.27. The number of carboxylic acid groups (broad SMARTS) is 1. The summed E-state index contributed by atoms with van der Waals surface area (Å²) in [5.74, 6) is -1.87. The molecule has 0 aromatic rings. The SMILES string of the molecule is CC(O)C1C(=O)N2C(C(=O)O)=C(CN3CCC(C(=N)N)C3)C(C)C12. The van der Waals surface area contributed by atoms with Crippen LogP contribution < -0.4 is 5.73 Å². The number of rotatable bonds is 5. The van der Waals surface area contributed by atoms with Gasteiger partial charge < -0.3 is 20.8 Å². The molecule has 5 unspecified atom stereocenters. The van der Waals surface area contributed by atoms with Crippen LogP contribution in [0.25, 0.3) is 0 Å². The second-order valence-electron chi connectivity index (χ2n) is 7.11. The number of nitrogens with two attached hydrogens (primary N) is 1. The van der Waals surface area contributed by atoms with Crippen LogP contribution in [-0.2, 0) is 9.59 Å². The molecule has 0 aromatic heterocycles. The summed E-state index contributed by atoms with van der Waals surface area (Å²) in [5, 5.41) is 27.0. The fraction of sp³-hybridized carbons (Fsp3) is 0.688. The van der Waals surface area contributed by atoms with Gasteiger partial charge in [0.15, 0.2) is 0 Å². The molecule has 2 fully saturated rings. The van der Waals surface area contributed by atoms with E-state index in [1.807, 2.05) is 6.92 Å². The standard InChI is InChI=1S/C16H24N4O4/c1-7-10(6-19-4-3-9(5-19)14(17)18)13(16(23)24)20-12(7)11(8(2)21)15(20)22/h7-9,11-12,21H,3-6H2,1-2H3,(H3,17,18)(H,23,24). The fourth-order valence-electron chi connectivity index (χ4n) is 4.32. The normalized spacial score (nSPS) is 34.3. The van der Waals surface area contributed by atoms with E-state index >= 15 is 0 Å². The highest BCUT2D eigenvalue weighted by atomic mass is 16.4. The lowest BCUT2D eigenvalue weighted by atomic mass is 9.77. The number of aliphatic carboxylic acids is 1. The monoisotopic (exact) mass is 336 g/mol.